The van der Waals surface area contributed by atoms with E-state index < -0.39 is 39.5 Å². The maximum atomic E-state index is 12.9. The summed E-state index contributed by atoms with van der Waals surface area (Å²) in [4.78, 5) is 12.4. The molecule has 0 fully saturated rings. The van der Waals surface area contributed by atoms with Crippen LogP contribution in [0.25, 0.3) is 130 Å². The summed E-state index contributed by atoms with van der Waals surface area (Å²) in [6.45, 7) is 7.39. The van der Waals surface area contributed by atoms with E-state index in [0.717, 1.165) is 111 Å². The highest BCUT2D eigenvalue weighted by Crippen LogP contribution is 2.46. The van der Waals surface area contributed by atoms with Crippen molar-refractivity contribution in [3.05, 3.63) is 351 Å². The highest BCUT2D eigenvalue weighted by molar-refractivity contribution is 14.1. The van der Waals surface area contributed by atoms with Gasteiger partial charge in [0.15, 0.2) is 0 Å². The number of fused-ring (bicyclic) bond motifs is 7. The third-order valence-corrected chi connectivity index (χ3v) is 28.9. The molecule has 1 aromatic heterocycles. The standard InChI is InChI=1S/C24H18BrClOS.C24H18BrClS.C22H12BrClS.C14H12BrIS.C10H8BClO2.C2H4O2.CHF3O3S.2CH4.H2O2/c1-2-28(27)23-15-18(16-7-11-19(25)12-8-16)10-13-21(23)22-14-9-17-5-3-4-6-20(17)24(22)26;1-2-27-23-15-18(16-7-11-19(25)12-8-16)10-13-21(23)22-14-9-17-5-3-4-6-20(17)24(22)26;23-16-8-5-13(6-9-16)14-7-10-18-19(11-14)25-20-12-15-3-1-2-4-17(15)22(24)21(18)20;1-2-17-14-9-11(5-8-13(14)16)10-3-6-12(15)7-4-10;12-10-8-4-2-1-3-7(8)5-6-9(10)11(13)14;1-2(3)4;2-1(3,4)8(5,6)7;;;1-2/h3-15H,2H2,1H3;3-15H,2H2,1H3;1-12H;3-9H,2H2,1H3;1-6,13-14H;1H3,(H,3,4);(H,5,6,7);2*1H4;1-2H. The molecule has 10 nitrogen and oxygen atoms in total. The van der Waals surface area contributed by atoms with Crippen molar-refractivity contribution < 1.29 is 60.8 Å². The predicted octanol–water partition coefficient (Wildman–Crippen LogP) is 33.5. The molecule has 17 aromatic rings. The molecule has 0 saturated heterocycles. The van der Waals surface area contributed by atoms with Crippen molar-refractivity contribution in [3.8, 4) is 66.8 Å². The molecule has 0 amide bonds. The van der Waals surface area contributed by atoms with Crippen LogP contribution in [0.3, 0.4) is 0 Å². The van der Waals surface area contributed by atoms with Crippen LogP contribution < -0.4 is 5.46 Å². The van der Waals surface area contributed by atoms with Crippen molar-refractivity contribution in [2.75, 3.05) is 17.3 Å². The van der Waals surface area contributed by atoms with E-state index in [9.17, 15) is 17.4 Å². The Bertz CT molecular complexity index is 6790. The fourth-order valence-electron chi connectivity index (χ4n) is 13.0. The Kier molecular flexibility index (Phi) is 41.0. The van der Waals surface area contributed by atoms with Crippen LogP contribution in [0.5, 0.6) is 0 Å². The number of aliphatic carboxylic acids is 1. The molecule has 17 rings (SSSR count). The lowest BCUT2D eigenvalue weighted by Crippen LogP contribution is -2.30. The normalized spacial score (nSPS) is 11.0. The highest BCUT2D eigenvalue weighted by Gasteiger charge is 2.44. The minimum absolute atomic E-state index is 0. The number of thioether (sulfide) groups is 2. The number of carboxylic acid groups (broad SMARTS) is 1. The number of carbonyl (C=O) groups is 1. The van der Waals surface area contributed by atoms with Crippen LogP contribution in [0, 0.1) is 3.57 Å². The van der Waals surface area contributed by atoms with Gasteiger partial charge in [0.05, 0.1) is 25.9 Å². The zero-order chi connectivity index (χ0) is 90.4. The summed E-state index contributed by atoms with van der Waals surface area (Å²) in [5, 5.41) is 51.2. The van der Waals surface area contributed by atoms with Crippen LogP contribution in [0.4, 0.5) is 13.2 Å². The summed E-state index contributed by atoms with van der Waals surface area (Å²) in [5.74, 6) is 1.85. The lowest BCUT2D eigenvalue weighted by Gasteiger charge is -2.14. The molecule has 0 aliphatic heterocycles. The average molecular weight is 2250 g/mol. The van der Waals surface area contributed by atoms with Crippen LogP contribution in [0.15, 0.2) is 342 Å². The van der Waals surface area contributed by atoms with Gasteiger partial charge in [-0.25, -0.2) is 0 Å². The van der Waals surface area contributed by atoms with Crippen LogP contribution in [-0.2, 0) is 25.7 Å². The van der Waals surface area contributed by atoms with Crippen LogP contribution in [-0.4, -0.2) is 78.7 Å². The Hall–Kier alpha value is -7.49. The van der Waals surface area contributed by atoms with Crippen molar-refractivity contribution in [1.29, 1.82) is 0 Å². The molecule has 6 N–H and O–H groups in total. The summed E-state index contributed by atoms with van der Waals surface area (Å²) < 4.78 is 78.6. The fourth-order valence-corrected chi connectivity index (χ4v) is 20.1. The Labute approximate surface area is 819 Å². The lowest BCUT2D eigenvalue weighted by molar-refractivity contribution is -0.176. The SMILES string of the molecule is C.C.CC(=O)O.CCS(=O)c1cc(-c2ccc(Br)cc2)ccc1-c1ccc2ccccc2c1Cl.CCSc1cc(-c2ccc(Br)cc2)ccc1-c1ccc2ccccc2c1Cl.CCSc1cc(-c2ccc(Br)cc2)ccc1I.Clc1c2ccccc2cc2sc3cc(-c4ccc(Br)cc4)ccc3c12.O=S(=O)(O)C(F)(F)F.OB(O)c1ccc2ccccc2c1Cl.OO. The van der Waals surface area contributed by atoms with E-state index >= 15 is 0 Å². The van der Waals surface area contributed by atoms with Gasteiger partial charge in [-0.1, -0.05) is 370 Å². The van der Waals surface area contributed by atoms with Gasteiger partial charge < -0.3 is 15.2 Å². The van der Waals surface area contributed by atoms with Crippen molar-refractivity contribution in [2.24, 2.45) is 0 Å². The van der Waals surface area contributed by atoms with E-state index in [1.165, 1.54) is 83.3 Å². The second-order valence-corrected chi connectivity index (χ2v) is 40.1. The van der Waals surface area contributed by atoms with E-state index in [-0.39, 0.29) is 14.9 Å². The quantitative estimate of drug-likeness (QED) is 0.0122. The number of thiophene rings is 1. The summed E-state index contributed by atoms with van der Waals surface area (Å²) in [6.07, 6.45) is 0. The minimum atomic E-state index is -5.84. The van der Waals surface area contributed by atoms with Gasteiger partial charge in [-0.15, -0.1) is 34.9 Å². The smallest absolute Gasteiger partial charge is 0.481 e. The number of benzene rings is 16. The highest BCUT2D eigenvalue weighted by atomic mass is 127. The first-order valence-electron chi connectivity index (χ1n) is 38.0. The maximum Gasteiger partial charge on any atom is 0.522 e. The maximum absolute atomic E-state index is 12.9. The zero-order valence-corrected chi connectivity index (χ0v) is 82.1. The van der Waals surface area contributed by atoms with Crippen LogP contribution >= 0.6 is 168 Å². The molecule has 0 aliphatic rings. The summed E-state index contributed by atoms with van der Waals surface area (Å²) in [5.41, 5.74) is 8.51. The Balaban J connectivity index is 0.000000191. The van der Waals surface area contributed by atoms with Gasteiger partial charge in [-0.3, -0.25) is 24.1 Å². The van der Waals surface area contributed by atoms with Crippen molar-refractivity contribution in [3.63, 3.8) is 0 Å². The van der Waals surface area contributed by atoms with Gasteiger partial charge in [0.25, 0.3) is 5.97 Å². The van der Waals surface area contributed by atoms with Gasteiger partial charge >= 0.3 is 22.7 Å². The van der Waals surface area contributed by atoms with Gasteiger partial charge in [-0.05, 0) is 202 Å². The summed E-state index contributed by atoms with van der Waals surface area (Å²) in [6, 6.07) is 106. The van der Waals surface area contributed by atoms with E-state index in [1.807, 2.05) is 145 Å². The number of rotatable bonds is 13. The molecule has 1 unspecified atom stereocenters. The molecular formula is C99H83BBr4Cl4F3IO10S5. The largest absolute Gasteiger partial charge is 0.522 e. The predicted molar refractivity (Wildman–Crippen MR) is 561 cm³/mol. The fraction of sp³-hybridized carbons (Fsp3) is 0.101. The van der Waals surface area contributed by atoms with Gasteiger partial charge in [0.1, 0.15) is 0 Å². The number of alkyl halides is 3. The second-order valence-electron chi connectivity index (χ2n) is 27.0. The second kappa shape index (κ2) is 49.7. The third-order valence-electron chi connectivity index (χ3n) is 18.9. The first kappa shape index (κ1) is 105. The average Bonchev–Trinajstić information content (AvgIpc) is 1.61. The number of halogens is 12. The molecule has 0 saturated carbocycles. The van der Waals surface area contributed by atoms with E-state index in [4.69, 9.17) is 89.8 Å². The minimum Gasteiger partial charge on any atom is -0.481 e. The molecule has 0 radical (unpaired) electrons. The third kappa shape index (κ3) is 27.8. The molecule has 0 spiro atoms. The van der Waals surface area contributed by atoms with Crippen LogP contribution in [0.2, 0.25) is 20.1 Å². The van der Waals surface area contributed by atoms with E-state index in [0.29, 0.717) is 21.3 Å². The lowest BCUT2D eigenvalue weighted by atomic mass is 9.79. The Morgan fingerprint density at radius 2 is 0.764 bits per heavy atom. The zero-order valence-electron chi connectivity index (χ0n) is 66.5. The molecule has 16 aromatic carbocycles. The number of hydrogen-bond donors (Lipinski definition) is 6. The molecule has 656 valence electrons. The van der Waals surface area contributed by atoms with Crippen molar-refractivity contribution >= 4 is 270 Å². The van der Waals surface area contributed by atoms with Gasteiger partial charge in [0.2, 0.25) is 0 Å². The molecule has 28 heteroatoms. The molecule has 1 atom stereocenters. The first-order chi connectivity index (χ1) is 59.8. The van der Waals surface area contributed by atoms with E-state index in [1.54, 1.807) is 6.07 Å². The monoisotopic (exact) mass is 2240 g/mol. The topological polar surface area (TPSA) is 190 Å². The van der Waals surface area contributed by atoms with E-state index in [2.05, 4.69) is 300 Å². The molecule has 0 bridgehead atoms. The number of carboxylic acids is 1. The first-order valence-corrected chi connectivity index (χ1v) is 49.3. The molecular weight excluding hydrogens is 2170 g/mol. The van der Waals surface area contributed by atoms with Gasteiger partial charge in [0, 0.05) is 107 Å². The Morgan fingerprint density at radius 3 is 1.18 bits per heavy atom. The van der Waals surface area contributed by atoms with Crippen molar-refractivity contribution in [2.45, 2.75) is 62.7 Å². The van der Waals surface area contributed by atoms with Crippen molar-refractivity contribution in [1.82, 2.24) is 0 Å². The molecule has 127 heavy (non-hydrogen) atoms. The Morgan fingerprint density at radius 1 is 0.433 bits per heavy atom. The van der Waals surface area contributed by atoms with Gasteiger partial charge in [-0.2, -0.15) is 21.6 Å². The molecule has 1 heterocycles. The summed E-state index contributed by atoms with van der Waals surface area (Å²) in [7, 11) is -8.46. The summed E-state index contributed by atoms with van der Waals surface area (Å²) >= 11 is 48.3. The number of hydrogen-bond acceptors (Lipinski definition) is 11. The molecule has 0 aliphatic carbocycles. The van der Waals surface area contributed by atoms with Crippen LogP contribution in [0.1, 0.15) is 42.5 Å².